The second-order valence-corrected chi connectivity index (χ2v) is 6.42. The Balaban J connectivity index is 1.46. The van der Waals surface area contributed by atoms with Gasteiger partial charge in [0.25, 0.3) is 0 Å². The Kier molecular flexibility index (Phi) is 5.87. The molecule has 0 aliphatic carbocycles. The summed E-state index contributed by atoms with van der Waals surface area (Å²) in [6.45, 7) is 7.83. The molecule has 0 saturated carbocycles. The van der Waals surface area contributed by atoms with Gasteiger partial charge in [-0.3, -0.25) is 9.67 Å². The Morgan fingerprint density at radius 2 is 2.04 bits per heavy atom. The maximum atomic E-state index is 4.45. The molecule has 7 nitrogen and oxygen atoms in total. The lowest BCUT2D eigenvalue weighted by Crippen LogP contribution is -2.53. The third-order valence-corrected chi connectivity index (χ3v) is 4.43. The van der Waals surface area contributed by atoms with Crippen LogP contribution in [0.4, 0.5) is 5.82 Å². The summed E-state index contributed by atoms with van der Waals surface area (Å²) in [4.78, 5) is 13.5. The third-order valence-electron chi connectivity index (χ3n) is 4.43. The van der Waals surface area contributed by atoms with E-state index in [0.717, 1.165) is 51.0 Å². The SMILES string of the molecule is CN=C(NCC(C)Cn1cccn1)N1CCN(c2ccccn2)CC1. The summed E-state index contributed by atoms with van der Waals surface area (Å²) < 4.78 is 1.97. The highest BCUT2D eigenvalue weighted by molar-refractivity contribution is 5.80. The molecule has 134 valence electrons. The van der Waals surface area contributed by atoms with E-state index in [1.165, 1.54) is 0 Å². The number of nitrogens with one attached hydrogen (secondary N) is 1. The van der Waals surface area contributed by atoms with E-state index in [1.54, 1.807) is 0 Å². The van der Waals surface area contributed by atoms with Crippen LogP contribution in [0.15, 0.2) is 47.8 Å². The zero-order valence-corrected chi connectivity index (χ0v) is 15.0. The average Bonchev–Trinajstić information content (AvgIpc) is 3.16. The molecule has 0 radical (unpaired) electrons. The molecule has 1 atom stereocenters. The van der Waals surface area contributed by atoms with Crippen molar-refractivity contribution in [3.8, 4) is 0 Å². The zero-order chi connectivity index (χ0) is 17.5. The van der Waals surface area contributed by atoms with Gasteiger partial charge < -0.3 is 15.1 Å². The Hall–Kier alpha value is -2.57. The van der Waals surface area contributed by atoms with E-state index in [1.807, 2.05) is 48.5 Å². The van der Waals surface area contributed by atoms with Crippen LogP contribution in [-0.2, 0) is 6.54 Å². The number of piperazine rings is 1. The van der Waals surface area contributed by atoms with Crippen LogP contribution in [0.3, 0.4) is 0 Å². The summed E-state index contributed by atoms with van der Waals surface area (Å²) >= 11 is 0. The van der Waals surface area contributed by atoms with Crippen molar-refractivity contribution in [2.75, 3.05) is 44.7 Å². The second kappa shape index (κ2) is 8.50. The van der Waals surface area contributed by atoms with Gasteiger partial charge in [0.15, 0.2) is 5.96 Å². The fraction of sp³-hybridized carbons (Fsp3) is 0.500. The molecule has 1 unspecified atom stereocenters. The van der Waals surface area contributed by atoms with Crippen LogP contribution in [0.5, 0.6) is 0 Å². The third kappa shape index (κ3) is 4.71. The number of anilines is 1. The van der Waals surface area contributed by atoms with Gasteiger partial charge in [-0.05, 0) is 24.1 Å². The number of hydrogen-bond donors (Lipinski definition) is 1. The largest absolute Gasteiger partial charge is 0.356 e. The van der Waals surface area contributed by atoms with Crippen molar-refractivity contribution in [3.05, 3.63) is 42.9 Å². The van der Waals surface area contributed by atoms with Crippen molar-refractivity contribution in [1.29, 1.82) is 0 Å². The first-order valence-corrected chi connectivity index (χ1v) is 8.85. The van der Waals surface area contributed by atoms with E-state index in [9.17, 15) is 0 Å². The van der Waals surface area contributed by atoms with Gasteiger partial charge in [0.05, 0.1) is 0 Å². The van der Waals surface area contributed by atoms with Gasteiger partial charge in [-0.1, -0.05) is 13.0 Å². The lowest BCUT2D eigenvalue weighted by Gasteiger charge is -2.37. The molecule has 1 aliphatic rings. The number of pyridine rings is 1. The highest BCUT2D eigenvalue weighted by Crippen LogP contribution is 2.12. The molecular formula is C18H27N7. The Bertz CT molecular complexity index is 645. The topological polar surface area (TPSA) is 61.6 Å². The summed E-state index contributed by atoms with van der Waals surface area (Å²) in [5, 5.41) is 7.77. The predicted octanol–water partition coefficient (Wildman–Crippen LogP) is 1.31. The van der Waals surface area contributed by atoms with Gasteiger partial charge in [0.1, 0.15) is 5.82 Å². The molecule has 1 fully saturated rings. The highest BCUT2D eigenvalue weighted by Gasteiger charge is 2.20. The molecule has 1 N–H and O–H groups in total. The first-order chi connectivity index (χ1) is 12.3. The van der Waals surface area contributed by atoms with Crippen molar-refractivity contribution < 1.29 is 0 Å². The van der Waals surface area contributed by atoms with Gasteiger partial charge >= 0.3 is 0 Å². The molecule has 1 aliphatic heterocycles. The molecule has 3 rings (SSSR count). The summed E-state index contributed by atoms with van der Waals surface area (Å²) in [5.74, 6) is 2.51. The maximum absolute atomic E-state index is 4.45. The van der Waals surface area contributed by atoms with E-state index in [2.05, 4.69) is 43.2 Å². The van der Waals surface area contributed by atoms with Crippen molar-refractivity contribution >= 4 is 11.8 Å². The minimum absolute atomic E-state index is 0.478. The van der Waals surface area contributed by atoms with Crippen LogP contribution in [0, 0.1) is 5.92 Å². The van der Waals surface area contributed by atoms with Gasteiger partial charge in [0.2, 0.25) is 0 Å². The highest BCUT2D eigenvalue weighted by atomic mass is 15.4. The fourth-order valence-corrected chi connectivity index (χ4v) is 3.08. The van der Waals surface area contributed by atoms with Crippen molar-refractivity contribution in [1.82, 2.24) is 25.0 Å². The lowest BCUT2D eigenvalue weighted by atomic mass is 10.2. The second-order valence-electron chi connectivity index (χ2n) is 6.42. The van der Waals surface area contributed by atoms with E-state index >= 15 is 0 Å². The normalized spacial score (nSPS) is 16.8. The average molecular weight is 341 g/mol. The van der Waals surface area contributed by atoms with Gasteiger partial charge in [-0.2, -0.15) is 5.10 Å². The summed E-state index contributed by atoms with van der Waals surface area (Å²) in [6, 6.07) is 8.02. The maximum Gasteiger partial charge on any atom is 0.193 e. The van der Waals surface area contributed by atoms with Crippen LogP contribution < -0.4 is 10.2 Å². The molecule has 2 aromatic heterocycles. The first-order valence-electron chi connectivity index (χ1n) is 8.85. The first kappa shape index (κ1) is 17.3. The number of rotatable bonds is 5. The lowest BCUT2D eigenvalue weighted by molar-refractivity contribution is 0.363. The number of hydrogen-bond acceptors (Lipinski definition) is 4. The molecule has 0 bridgehead atoms. The molecule has 1 saturated heterocycles. The molecule has 2 aromatic rings. The Morgan fingerprint density at radius 1 is 1.20 bits per heavy atom. The van der Waals surface area contributed by atoms with E-state index in [0.29, 0.717) is 5.92 Å². The predicted molar refractivity (Wildman–Crippen MR) is 101 cm³/mol. The Morgan fingerprint density at radius 3 is 2.68 bits per heavy atom. The molecule has 25 heavy (non-hydrogen) atoms. The fourth-order valence-electron chi connectivity index (χ4n) is 3.08. The van der Waals surface area contributed by atoms with Crippen LogP contribution >= 0.6 is 0 Å². The molecule has 3 heterocycles. The van der Waals surface area contributed by atoms with Crippen molar-refractivity contribution in [3.63, 3.8) is 0 Å². The molecular weight excluding hydrogens is 314 g/mol. The van der Waals surface area contributed by atoms with E-state index < -0.39 is 0 Å². The van der Waals surface area contributed by atoms with Crippen molar-refractivity contribution in [2.24, 2.45) is 10.9 Å². The molecule has 0 amide bonds. The van der Waals surface area contributed by atoms with Crippen LogP contribution in [0.1, 0.15) is 6.92 Å². The van der Waals surface area contributed by atoms with Gasteiger partial charge in [0, 0.05) is 64.9 Å². The quantitative estimate of drug-likeness (QED) is 0.656. The number of nitrogens with zero attached hydrogens (tertiary/aromatic N) is 6. The van der Waals surface area contributed by atoms with E-state index in [4.69, 9.17) is 0 Å². The minimum atomic E-state index is 0.478. The van der Waals surface area contributed by atoms with Crippen LogP contribution in [0.25, 0.3) is 0 Å². The summed E-state index contributed by atoms with van der Waals surface area (Å²) in [5.41, 5.74) is 0. The monoisotopic (exact) mass is 341 g/mol. The molecule has 0 spiro atoms. The number of guanidine groups is 1. The zero-order valence-electron chi connectivity index (χ0n) is 15.0. The van der Waals surface area contributed by atoms with Gasteiger partial charge in [-0.15, -0.1) is 0 Å². The van der Waals surface area contributed by atoms with Crippen LogP contribution in [0.2, 0.25) is 0 Å². The Labute approximate surface area is 149 Å². The van der Waals surface area contributed by atoms with E-state index in [-0.39, 0.29) is 0 Å². The standard InChI is InChI=1S/C18H27N7/c1-16(15-25-9-5-8-22-25)14-21-18(19-2)24-12-10-23(11-13-24)17-6-3-4-7-20-17/h3-9,16H,10-15H2,1-2H3,(H,19,21). The molecule has 0 aromatic carbocycles. The number of aliphatic imine (C=N–C) groups is 1. The van der Waals surface area contributed by atoms with Crippen LogP contribution in [-0.4, -0.2) is 65.4 Å². The smallest absolute Gasteiger partial charge is 0.193 e. The summed E-state index contributed by atoms with van der Waals surface area (Å²) in [6.07, 6.45) is 5.67. The van der Waals surface area contributed by atoms with Gasteiger partial charge in [-0.25, -0.2) is 4.98 Å². The van der Waals surface area contributed by atoms with Crippen molar-refractivity contribution in [2.45, 2.75) is 13.5 Å². The summed E-state index contributed by atoms with van der Waals surface area (Å²) in [7, 11) is 1.85. The number of aromatic nitrogens is 3. The minimum Gasteiger partial charge on any atom is -0.356 e. The molecule has 7 heteroatoms.